The predicted octanol–water partition coefficient (Wildman–Crippen LogP) is 3.37. The Morgan fingerprint density at radius 2 is 2.17 bits per heavy atom. The van der Waals surface area contributed by atoms with Crippen LogP contribution in [-0.2, 0) is 0 Å². The fraction of sp³-hybridized carbons (Fsp3) is 0.154. The summed E-state index contributed by atoms with van der Waals surface area (Å²) in [6, 6.07) is 3.95. The molecule has 2 N–H and O–H groups in total. The van der Waals surface area contributed by atoms with Crippen molar-refractivity contribution in [1.82, 2.24) is 15.2 Å². The minimum atomic E-state index is -0.663. The Hall–Kier alpha value is -2.59. The number of thiazole rings is 1. The molecule has 0 unspecified atom stereocenters. The lowest BCUT2D eigenvalue weighted by Crippen LogP contribution is -2.14. The Morgan fingerprint density at radius 3 is 2.83 bits per heavy atom. The predicted molar refractivity (Wildman–Crippen MR) is 88.1 cm³/mol. The van der Waals surface area contributed by atoms with Gasteiger partial charge in [0.15, 0.2) is 5.13 Å². The third-order valence-electron chi connectivity index (χ3n) is 3.03. The van der Waals surface area contributed by atoms with Crippen LogP contribution < -0.4 is 5.32 Å². The number of nitrogens with zero attached hydrogens (tertiary/aromatic N) is 3. The van der Waals surface area contributed by atoms with E-state index in [2.05, 4.69) is 20.5 Å². The summed E-state index contributed by atoms with van der Waals surface area (Å²) in [5.74, 6) is -0.663. The molecule has 3 rings (SSSR count). The van der Waals surface area contributed by atoms with Crippen molar-refractivity contribution >= 4 is 39.4 Å². The maximum atomic E-state index is 12.2. The van der Waals surface area contributed by atoms with Gasteiger partial charge in [-0.05, 0) is 26.0 Å². The Morgan fingerprint density at radius 1 is 1.39 bits per heavy atom. The number of carbonyl (C=O) groups is 1. The van der Waals surface area contributed by atoms with Gasteiger partial charge in [-0.3, -0.25) is 25.3 Å². The molecule has 0 aromatic carbocycles. The third-order valence-corrected chi connectivity index (χ3v) is 4.81. The molecular formula is C13H11N5O3S2. The number of rotatable bonds is 4. The van der Waals surface area contributed by atoms with Gasteiger partial charge in [0.2, 0.25) is 5.69 Å². The van der Waals surface area contributed by atoms with Gasteiger partial charge in [-0.25, -0.2) is 4.98 Å². The van der Waals surface area contributed by atoms with E-state index >= 15 is 0 Å². The summed E-state index contributed by atoms with van der Waals surface area (Å²) < 4.78 is 0. The van der Waals surface area contributed by atoms with Gasteiger partial charge in [-0.2, -0.15) is 5.10 Å². The first-order chi connectivity index (χ1) is 11.0. The number of aromatic nitrogens is 3. The minimum absolute atomic E-state index is 0.231. The van der Waals surface area contributed by atoms with Crippen LogP contribution in [-0.4, -0.2) is 26.0 Å². The summed E-state index contributed by atoms with van der Waals surface area (Å²) in [7, 11) is 0. The average molecular weight is 349 g/mol. The number of nitro groups is 1. The fourth-order valence-corrected chi connectivity index (χ4v) is 3.59. The van der Waals surface area contributed by atoms with Gasteiger partial charge in [0.25, 0.3) is 5.91 Å². The monoisotopic (exact) mass is 349 g/mol. The molecule has 1 amide bonds. The summed E-state index contributed by atoms with van der Waals surface area (Å²) in [4.78, 5) is 29.0. The lowest BCUT2D eigenvalue weighted by molar-refractivity contribution is -0.385. The Balaban J connectivity index is 1.81. The highest BCUT2D eigenvalue weighted by molar-refractivity contribution is 7.17. The average Bonchev–Trinajstić information content (AvgIpc) is 3.18. The van der Waals surface area contributed by atoms with Crippen molar-refractivity contribution < 1.29 is 9.72 Å². The van der Waals surface area contributed by atoms with Crippen LogP contribution in [0, 0.1) is 24.0 Å². The number of hydrogen-bond donors (Lipinski definition) is 2. The Bertz CT molecular complexity index is 895. The van der Waals surface area contributed by atoms with Gasteiger partial charge in [-0.15, -0.1) is 22.7 Å². The minimum Gasteiger partial charge on any atom is -0.296 e. The highest BCUT2D eigenvalue weighted by Gasteiger charge is 2.27. The summed E-state index contributed by atoms with van der Waals surface area (Å²) in [5, 5.41) is 21.9. The van der Waals surface area contributed by atoms with Gasteiger partial charge < -0.3 is 0 Å². The zero-order chi connectivity index (χ0) is 16.6. The van der Waals surface area contributed by atoms with Crippen molar-refractivity contribution in [2.75, 3.05) is 5.32 Å². The molecule has 0 aliphatic heterocycles. The SMILES string of the molecule is Cc1ccc(-c2csc(NC(=O)c3n[nH]c(C)c3[N+](=O)[O-])n2)s1. The molecular weight excluding hydrogens is 338 g/mol. The van der Waals surface area contributed by atoms with Crippen LogP contribution in [0.4, 0.5) is 10.8 Å². The summed E-state index contributed by atoms with van der Waals surface area (Å²) in [6.45, 7) is 3.49. The number of hydrogen-bond acceptors (Lipinski definition) is 7. The van der Waals surface area contributed by atoms with Crippen LogP contribution in [0.2, 0.25) is 0 Å². The first-order valence-electron chi connectivity index (χ1n) is 6.48. The van der Waals surface area contributed by atoms with Crippen molar-refractivity contribution in [2.24, 2.45) is 0 Å². The molecule has 0 fully saturated rings. The summed E-state index contributed by atoms with van der Waals surface area (Å²) >= 11 is 2.86. The van der Waals surface area contributed by atoms with Gasteiger partial charge >= 0.3 is 5.69 Å². The lowest BCUT2D eigenvalue weighted by Gasteiger charge is -1.98. The Labute approximate surface area is 138 Å². The number of thiophene rings is 1. The van der Waals surface area contributed by atoms with Gasteiger partial charge in [0, 0.05) is 10.3 Å². The van der Waals surface area contributed by atoms with Gasteiger partial charge in [0.05, 0.1) is 15.5 Å². The number of H-pyrrole nitrogens is 1. The largest absolute Gasteiger partial charge is 0.322 e. The van der Waals surface area contributed by atoms with E-state index in [1.165, 1.54) is 23.1 Å². The first-order valence-corrected chi connectivity index (χ1v) is 8.18. The van der Waals surface area contributed by atoms with E-state index in [0.29, 0.717) is 5.13 Å². The number of nitrogens with one attached hydrogen (secondary N) is 2. The van der Waals surface area contributed by atoms with Crippen LogP contribution in [0.15, 0.2) is 17.5 Å². The maximum Gasteiger partial charge on any atom is 0.322 e. The molecule has 3 heterocycles. The van der Waals surface area contributed by atoms with Crippen molar-refractivity contribution in [3.05, 3.63) is 43.9 Å². The van der Waals surface area contributed by atoms with Crippen molar-refractivity contribution in [1.29, 1.82) is 0 Å². The number of amides is 1. The highest BCUT2D eigenvalue weighted by atomic mass is 32.1. The van der Waals surface area contributed by atoms with E-state index in [1.807, 2.05) is 24.4 Å². The van der Waals surface area contributed by atoms with E-state index < -0.39 is 10.8 Å². The van der Waals surface area contributed by atoms with E-state index in [1.54, 1.807) is 11.3 Å². The number of aromatic amines is 1. The molecule has 0 saturated heterocycles. The Kier molecular flexibility index (Phi) is 3.92. The number of carbonyl (C=O) groups excluding carboxylic acids is 1. The van der Waals surface area contributed by atoms with E-state index in [9.17, 15) is 14.9 Å². The molecule has 0 aliphatic carbocycles. The second-order valence-electron chi connectivity index (χ2n) is 4.71. The van der Waals surface area contributed by atoms with Gasteiger partial charge in [-0.1, -0.05) is 0 Å². The zero-order valence-electron chi connectivity index (χ0n) is 12.1. The molecule has 0 aliphatic rings. The third kappa shape index (κ3) is 2.98. The van der Waals surface area contributed by atoms with Crippen molar-refractivity contribution in [3.8, 4) is 10.6 Å². The molecule has 23 heavy (non-hydrogen) atoms. The quantitative estimate of drug-likeness (QED) is 0.553. The van der Waals surface area contributed by atoms with Crippen molar-refractivity contribution in [2.45, 2.75) is 13.8 Å². The van der Waals surface area contributed by atoms with E-state index in [0.717, 1.165) is 10.6 Å². The fourth-order valence-electron chi connectivity index (χ4n) is 1.98. The van der Waals surface area contributed by atoms with Crippen molar-refractivity contribution in [3.63, 3.8) is 0 Å². The molecule has 0 radical (unpaired) electrons. The van der Waals surface area contributed by atoms with Crippen LogP contribution in [0.25, 0.3) is 10.6 Å². The molecule has 0 bridgehead atoms. The van der Waals surface area contributed by atoms with Crippen LogP contribution in [0.1, 0.15) is 21.1 Å². The molecule has 10 heteroatoms. The zero-order valence-corrected chi connectivity index (χ0v) is 13.7. The second kappa shape index (κ2) is 5.89. The van der Waals surface area contributed by atoms with E-state index in [-0.39, 0.29) is 17.1 Å². The molecule has 0 saturated carbocycles. The molecule has 0 spiro atoms. The number of aryl methyl sites for hydroxylation is 2. The summed E-state index contributed by atoms with van der Waals surface area (Å²) in [5.41, 5.74) is 0.412. The number of anilines is 1. The normalized spacial score (nSPS) is 10.7. The second-order valence-corrected chi connectivity index (χ2v) is 6.85. The smallest absolute Gasteiger partial charge is 0.296 e. The molecule has 3 aromatic rings. The molecule has 118 valence electrons. The summed E-state index contributed by atoms with van der Waals surface area (Å²) in [6.07, 6.45) is 0. The van der Waals surface area contributed by atoms with Gasteiger partial charge in [0.1, 0.15) is 5.69 Å². The highest BCUT2D eigenvalue weighted by Crippen LogP contribution is 2.31. The van der Waals surface area contributed by atoms with Crippen LogP contribution >= 0.6 is 22.7 Å². The van der Waals surface area contributed by atoms with Crippen LogP contribution in [0.3, 0.4) is 0 Å². The topological polar surface area (TPSA) is 114 Å². The molecule has 3 aromatic heterocycles. The lowest BCUT2D eigenvalue weighted by atomic mass is 10.3. The molecule has 0 atom stereocenters. The molecule has 8 nitrogen and oxygen atoms in total. The van der Waals surface area contributed by atoms with E-state index in [4.69, 9.17) is 0 Å². The standard InChI is InChI=1S/C13H11N5O3S2/c1-6-3-4-9(23-6)8-5-22-13(14-8)15-12(19)10-11(18(20)21)7(2)16-17-10/h3-5H,1-2H3,(H,16,17)(H,14,15,19). The first kappa shape index (κ1) is 15.3. The maximum absolute atomic E-state index is 12.2. The van der Waals surface area contributed by atoms with Crippen LogP contribution in [0.5, 0.6) is 0 Å².